The van der Waals surface area contributed by atoms with Gasteiger partial charge in [0.2, 0.25) is 0 Å². The molecule has 0 aliphatic heterocycles. The molecule has 0 N–H and O–H groups in total. The summed E-state index contributed by atoms with van der Waals surface area (Å²) < 4.78 is 0. The Morgan fingerprint density at radius 2 is 2.25 bits per heavy atom. The first-order chi connectivity index (χ1) is 5.70. The Morgan fingerprint density at radius 3 is 2.83 bits per heavy atom. The SMILES string of the molecule is Cc1ncncc1N=CN(C)C. The zero-order chi connectivity index (χ0) is 8.97. The first kappa shape index (κ1) is 8.64. The molecule has 1 aromatic rings. The molecule has 0 aliphatic carbocycles. The van der Waals surface area contributed by atoms with Crippen LogP contribution < -0.4 is 0 Å². The molecule has 1 aromatic heterocycles. The molecule has 1 rings (SSSR count). The average molecular weight is 164 g/mol. The molecule has 0 saturated carbocycles. The fourth-order valence-electron chi connectivity index (χ4n) is 0.688. The Kier molecular flexibility index (Phi) is 2.74. The molecular weight excluding hydrogens is 152 g/mol. The second-order valence-corrected chi connectivity index (χ2v) is 2.70. The van der Waals surface area contributed by atoms with E-state index >= 15 is 0 Å². The lowest BCUT2D eigenvalue weighted by Crippen LogP contribution is -2.07. The minimum atomic E-state index is 0.811. The van der Waals surface area contributed by atoms with Crippen molar-refractivity contribution in [1.29, 1.82) is 0 Å². The molecular formula is C8H12N4. The number of aryl methyl sites for hydroxylation is 1. The zero-order valence-corrected chi connectivity index (χ0v) is 7.52. The van der Waals surface area contributed by atoms with Gasteiger partial charge < -0.3 is 4.90 Å². The molecule has 0 fully saturated rings. The van der Waals surface area contributed by atoms with E-state index in [1.165, 1.54) is 6.33 Å². The quantitative estimate of drug-likeness (QED) is 0.484. The molecule has 1 heterocycles. The maximum Gasteiger partial charge on any atom is 0.115 e. The third kappa shape index (κ3) is 2.30. The smallest absolute Gasteiger partial charge is 0.115 e. The predicted molar refractivity (Wildman–Crippen MR) is 48.6 cm³/mol. The highest BCUT2D eigenvalue weighted by molar-refractivity contribution is 5.60. The van der Waals surface area contributed by atoms with Crippen LogP contribution >= 0.6 is 0 Å². The summed E-state index contributed by atoms with van der Waals surface area (Å²) in [4.78, 5) is 13.9. The molecule has 64 valence electrons. The van der Waals surface area contributed by atoms with E-state index in [1.54, 1.807) is 12.5 Å². The van der Waals surface area contributed by atoms with Crippen LogP contribution in [0.2, 0.25) is 0 Å². The monoisotopic (exact) mass is 164 g/mol. The van der Waals surface area contributed by atoms with E-state index in [1.807, 2.05) is 25.9 Å². The highest BCUT2D eigenvalue weighted by atomic mass is 15.1. The van der Waals surface area contributed by atoms with E-state index in [4.69, 9.17) is 0 Å². The Balaban J connectivity index is 2.82. The molecule has 4 nitrogen and oxygen atoms in total. The van der Waals surface area contributed by atoms with Gasteiger partial charge in [-0.05, 0) is 6.92 Å². The van der Waals surface area contributed by atoms with Gasteiger partial charge in [0.1, 0.15) is 12.0 Å². The van der Waals surface area contributed by atoms with Gasteiger partial charge in [0.25, 0.3) is 0 Å². The van der Waals surface area contributed by atoms with Gasteiger partial charge in [-0.3, -0.25) is 0 Å². The van der Waals surface area contributed by atoms with Crippen molar-refractivity contribution in [2.24, 2.45) is 4.99 Å². The van der Waals surface area contributed by atoms with Gasteiger partial charge in [-0.2, -0.15) is 0 Å². The fourth-order valence-corrected chi connectivity index (χ4v) is 0.688. The molecule has 0 radical (unpaired) electrons. The summed E-state index contributed by atoms with van der Waals surface area (Å²) in [6, 6.07) is 0. The number of hydrogen-bond acceptors (Lipinski definition) is 3. The van der Waals surface area contributed by atoms with Crippen LogP contribution in [0, 0.1) is 6.92 Å². The molecule has 0 bridgehead atoms. The standard InChI is InChI=1S/C8H12N4/c1-7-8(4-9-5-10-7)11-6-12(2)3/h4-6H,1-3H3. The third-order valence-corrected chi connectivity index (χ3v) is 1.31. The van der Waals surface area contributed by atoms with E-state index in [2.05, 4.69) is 15.0 Å². The Bertz CT molecular complexity index is 280. The first-order valence-corrected chi connectivity index (χ1v) is 3.67. The van der Waals surface area contributed by atoms with E-state index in [-0.39, 0.29) is 0 Å². The van der Waals surface area contributed by atoms with Crippen LogP contribution in [0.4, 0.5) is 5.69 Å². The molecule has 0 unspecified atom stereocenters. The molecule has 0 saturated heterocycles. The normalized spacial score (nSPS) is 10.6. The topological polar surface area (TPSA) is 41.4 Å². The van der Waals surface area contributed by atoms with E-state index < -0.39 is 0 Å². The van der Waals surface area contributed by atoms with Crippen molar-refractivity contribution >= 4 is 12.0 Å². The number of hydrogen-bond donors (Lipinski definition) is 0. The summed E-state index contributed by atoms with van der Waals surface area (Å²) in [5, 5.41) is 0. The second kappa shape index (κ2) is 3.80. The highest BCUT2D eigenvalue weighted by Crippen LogP contribution is 2.11. The molecule has 0 aliphatic rings. The molecule has 0 atom stereocenters. The second-order valence-electron chi connectivity index (χ2n) is 2.70. The van der Waals surface area contributed by atoms with Crippen LogP contribution in [0.25, 0.3) is 0 Å². The highest BCUT2D eigenvalue weighted by Gasteiger charge is 1.93. The Morgan fingerprint density at radius 1 is 1.50 bits per heavy atom. The van der Waals surface area contributed by atoms with Crippen molar-refractivity contribution in [2.75, 3.05) is 14.1 Å². The maximum absolute atomic E-state index is 4.18. The third-order valence-electron chi connectivity index (χ3n) is 1.31. The van der Waals surface area contributed by atoms with Crippen LogP contribution in [0.3, 0.4) is 0 Å². The summed E-state index contributed by atoms with van der Waals surface area (Å²) in [5.41, 5.74) is 1.70. The molecule has 4 heteroatoms. The summed E-state index contributed by atoms with van der Waals surface area (Å²) in [6.45, 7) is 1.91. The first-order valence-electron chi connectivity index (χ1n) is 3.67. The lowest BCUT2D eigenvalue weighted by molar-refractivity contribution is 0.643. The molecule has 12 heavy (non-hydrogen) atoms. The number of aromatic nitrogens is 2. The van der Waals surface area contributed by atoms with Crippen LogP contribution in [0.5, 0.6) is 0 Å². The van der Waals surface area contributed by atoms with E-state index in [0.29, 0.717) is 0 Å². The molecule has 0 amide bonds. The molecule has 0 aromatic carbocycles. The number of aliphatic imine (C=N–C) groups is 1. The van der Waals surface area contributed by atoms with Crippen LogP contribution in [-0.4, -0.2) is 35.3 Å². The van der Waals surface area contributed by atoms with Gasteiger partial charge in [-0.15, -0.1) is 0 Å². The van der Waals surface area contributed by atoms with Crippen molar-refractivity contribution < 1.29 is 0 Å². The van der Waals surface area contributed by atoms with Gasteiger partial charge in [0.15, 0.2) is 0 Å². The van der Waals surface area contributed by atoms with Crippen molar-refractivity contribution in [2.45, 2.75) is 6.92 Å². The fraction of sp³-hybridized carbons (Fsp3) is 0.375. The Labute approximate surface area is 72.0 Å². The van der Waals surface area contributed by atoms with Gasteiger partial charge in [0, 0.05) is 14.1 Å². The van der Waals surface area contributed by atoms with Gasteiger partial charge in [-0.25, -0.2) is 15.0 Å². The number of rotatable bonds is 2. The van der Waals surface area contributed by atoms with Crippen molar-refractivity contribution in [3.63, 3.8) is 0 Å². The average Bonchev–Trinajstić information content (AvgIpc) is 2.03. The minimum Gasteiger partial charge on any atom is -0.369 e. The lowest BCUT2D eigenvalue weighted by atomic mass is 10.4. The van der Waals surface area contributed by atoms with Gasteiger partial charge in [-0.1, -0.05) is 0 Å². The van der Waals surface area contributed by atoms with Crippen molar-refractivity contribution in [1.82, 2.24) is 14.9 Å². The zero-order valence-electron chi connectivity index (χ0n) is 7.52. The largest absolute Gasteiger partial charge is 0.369 e. The summed E-state index contributed by atoms with van der Waals surface area (Å²) in [7, 11) is 3.84. The molecule has 0 spiro atoms. The van der Waals surface area contributed by atoms with Crippen molar-refractivity contribution in [3.8, 4) is 0 Å². The van der Waals surface area contributed by atoms with E-state index in [0.717, 1.165) is 11.4 Å². The summed E-state index contributed by atoms with van der Waals surface area (Å²) in [5.74, 6) is 0. The van der Waals surface area contributed by atoms with Crippen molar-refractivity contribution in [3.05, 3.63) is 18.2 Å². The maximum atomic E-state index is 4.18. The number of nitrogens with zero attached hydrogens (tertiary/aromatic N) is 4. The van der Waals surface area contributed by atoms with Gasteiger partial charge >= 0.3 is 0 Å². The predicted octanol–water partition coefficient (Wildman–Crippen LogP) is 1.01. The lowest BCUT2D eigenvalue weighted by Gasteiger charge is -2.02. The van der Waals surface area contributed by atoms with Crippen LogP contribution in [0.1, 0.15) is 5.69 Å². The van der Waals surface area contributed by atoms with Gasteiger partial charge in [0.05, 0.1) is 18.2 Å². The Hall–Kier alpha value is -1.45. The minimum absolute atomic E-state index is 0.811. The van der Waals surface area contributed by atoms with Crippen LogP contribution in [-0.2, 0) is 0 Å². The van der Waals surface area contributed by atoms with Crippen LogP contribution in [0.15, 0.2) is 17.5 Å². The summed E-state index contributed by atoms with van der Waals surface area (Å²) >= 11 is 0. The van der Waals surface area contributed by atoms with E-state index in [9.17, 15) is 0 Å². The summed E-state index contributed by atoms with van der Waals surface area (Å²) in [6.07, 6.45) is 4.94.